The Morgan fingerprint density at radius 1 is 1.50 bits per heavy atom. The van der Waals surface area contributed by atoms with Crippen molar-refractivity contribution in [3.8, 4) is 5.88 Å². The number of hydrogen-bond donors (Lipinski definition) is 2. The highest BCUT2D eigenvalue weighted by atomic mass is 16.5. The normalized spacial score (nSPS) is 15.9. The Hall–Kier alpha value is -2.34. The lowest BCUT2D eigenvalue weighted by atomic mass is 9.96. The Morgan fingerprint density at radius 2 is 2.36 bits per heavy atom. The van der Waals surface area contributed by atoms with Crippen molar-refractivity contribution >= 4 is 5.91 Å². The number of aliphatic hydroxyl groups is 1. The van der Waals surface area contributed by atoms with E-state index < -0.39 is 6.04 Å². The Labute approximate surface area is 128 Å². The zero-order valence-corrected chi connectivity index (χ0v) is 12.1. The smallest absolute Gasteiger partial charge is 0.252 e. The Bertz CT molecular complexity index is 623. The van der Waals surface area contributed by atoms with Gasteiger partial charge in [0, 0.05) is 17.8 Å². The van der Waals surface area contributed by atoms with Gasteiger partial charge < -0.3 is 19.6 Å². The lowest BCUT2D eigenvalue weighted by Crippen LogP contribution is -2.30. The van der Waals surface area contributed by atoms with Gasteiger partial charge in [0.15, 0.2) is 0 Å². The van der Waals surface area contributed by atoms with Crippen LogP contribution < -0.4 is 10.1 Å². The first kappa shape index (κ1) is 14.6. The first-order valence-electron chi connectivity index (χ1n) is 7.34. The predicted octanol–water partition coefficient (Wildman–Crippen LogP) is 2.07. The SMILES string of the molecule is O=C(NC(CO)c1ccco1)c1ccnc(OC2CCC2)c1. The van der Waals surface area contributed by atoms with Crippen molar-refractivity contribution in [1.82, 2.24) is 10.3 Å². The summed E-state index contributed by atoms with van der Waals surface area (Å²) in [6, 6.07) is 6.07. The summed E-state index contributed by atoms with van der Waals surface area (Å²) in [5.41, 5.74) is 0.439. The quantitative estimate of drug-likeness (QED) is 0.853. The molecule has 1 atom stereocenters. The largest absolute Gasteiger partial charge is 0.474 e. The maximum Gasteiger partial charge on any atom is 0.252 e. The zero-order valence-electron chi connectivity index (χ0n) is 12.1. The van der Waals surface area contributed by atoms with E-state index in [9.17, 15) is 9.90 Å². The van der Waals surface area contributed by atoms with Crippen LogP contribution in [0.1, 0.15) is 41.4 Å². The van der Waals surface area contributed by atoms with Crippen LogP contribution in [0, 0.1) is 0 Å². The number of carbonyl (C=O) groups is 1. The molecule has 2 aromatic rings. The van der Waals surface area contributed by atoms with Gasteiger partial charge in [0.05, 0.1) is 12.9 Å². The van der Waals surface area contributed by atoms with Crippen molar-refractivity contribution < 1.29 is 19.1 Å². The second kappa shape index (κ2) is 6.62. The average molecular weight is 302 g/mol. The molecule has 6 nitrogen and oxygen atoms in total. The number of nitrogens with zero attached hydrogens (tertiary/aromatic N) is 1. The van der Waals surface area contributed by atoms with Crippen LogP contribution in [-0.2, 0) is 0 Å². The zero-order chi connectivity index (χ0) is 15.4. The molecule has 0 aliphatic heterocycles. The summed E-state index contributed by atoms with van der Waals surface area (Å²) in [4.78, 5) is 16.4. The van der Waals surface area contributed by atoms with Crippen LogP contribution in [-0.4, -0.2) is 28.7 Å². The van der Waals surface area contributed by atoms with Gasteiger partial charge in [-0.3, -0.25) is 4.79 Å². The molecule has 22 heavy (non-hydrogen) atoms. The second-order valence-electron chi connectivity index (χ2n) is 5.28. The van der Waals surface area contributed by atoms with E-state index >= 15 is 0 Å². The van der Waals surface area contributed by atoms with Crippen LogP contribution in [0.5, 0.6) is 5.88 Å². The summed E-state index contributed by atoms with van der Waals surface area (Å²) < 4.78 is 10.9. The van der Waals surface area contributed by atoms with Crippen molar-refractivity contribution in [3.05, 3.63) is 48.0 Å². The number of rotatable bonds is 6. The molecule has 1 aliphatic rings. The van der Waals surface area contributed by atoms with Gasteiger partial charge in [-0.25, -0.2) is 4.98 Å². The first-order chi connectivity index (χ1) is 10.8. The van der Waals surface area contributed by atoms with Crippen molar-refractivity contribution in [1.29, 1.82) is 0 Å². The highest BCUT2D eigenvalue weighted by Gasteiger charge is 2.21. The number of aliphatic hydroxyl groups excluding tert-OH is 1. The number of aromatic nitrogens is 1. The molecule has 3 rings (SSSR count). The summed E-state index contributed by atoms with van der Waals surface area (Å²) in [5.74, 6) is 0.656. The molecule has 1 unspecified atom stereocenters. The Morgan fingerprint density at radius 3 is 3.00 bits per heavy atom. The number of furan rings is 1. The van der Waals surface area contributed by atoms with Gasteiger partial charge >= 0.3 is 0 Å². The molecule has 2 N–H and O–H groups in total. The number of ether oxygens (including phenoxy) is 1. The van der Waals surface area contributed by atoms with E-state index in [-0.39, 0.29) is 18.6 Å². The molecule has 0 spiro atoms. The first-order valence-corrected chi connectivity index (χ1v) is 7.34. The van der Waals surface area contributed by atoms with E-state index in [1.54, 1.807) is 30.5 Å². The molecule has 2 aromatic heterocycles. The molecule has 2 heterocycles. The van der Waals surface area contributed by atoms with Crippen LogP contribution in [0.15, 0.2) is 41.1 Å². The Balaban J connectivity index is 1.67. The number of amides is 1. The van der Waals surface area contributed by atoms with Gasteiger partial charge in [0.1, 0.15) is 17.9 Å². The standard InChI is InChI=1S/C16H18N2O4/c19-10-13(14-5-2-8-21-14)18-16(20)11-6-7-17-15(9-11)22-12-3-1-4-12/h2,5-9,12-13,19H,1,3-4,10H2,(H,18,20). The van der Waals surface area contributed by atoms with E-state index in [4.69, 9.17) is 9.15 Å². The third-order valence-corrected chi connectivity index (χ3v) is 3.71. The fourth-order valence-electron chi connectivity index (χ4n) is 2.21. The molecule has 116 valence electrons. The molecule has 1 aliphatic carbocycles. The topological polar surface area (TPSA) is 84.6 Å². The molecule has 1 fully saturated rings. The summed E-state index contributed by atoms with van der Waals surface area (Å²) in [6.45, 7) is -0.240. The molecule has 1 saturated carbocycles. The fourth-order valence-corrected chi connectivity index (χ4v) is 2.21. The summed E-state index contributed by atoms with van der Waals surface area (Å²) in [5, 5.41) is 12.1. The van der Waals surface area contributed by atoms with Gasteiger partial charge in [-0.15, -0.1) is 0 Å². The van der Waals surface area contributed by atoms with Crippen LogP contribution in [0.2, 0.25) is 0 Å². The van der Waals surface area contributed by atoms with Gasteiger partial charge in [-0.2, -0.15) is 0 Å². The van der Waals surface area contributed by atoms with Crippen molar-refractivity contribution in [2.24, 2.45) is 0 Å². The lowest BCUT2D eigenvalue weighted by Gasteiger charge is -2.25. The number of pyridine rings is 1. The molecule has 6 heteroatoms. The predicted molar refractivity (Wildman–Crippen MR) is 78.5 cm³/mol. The summed E-state index contributed by atoms with van der Waals surface area (Å²) in [6.07, 6.45) is 6.49. The second-order valence-corrected chi connectivity index (χ2v) is 5.28. The average Bonchev–Trinajstić information content (AvgIpc) is 3.03. The van der Waals surface area contributed by atoms with Crippen LogP contribution in [0.3, 0.4) is 0 Å². The van der Waals surface area contributed by atoms with Crippen LogP contribution in [0.25, 0.3) is 0 Å². The van der Waals surface area contributed by atoms with E-state index in [1.807, 2.05) is 0 Å². The number of nitrogens with one attached hydrogen (secondary N) is 1. The van der Waals surface area contributed by atoms with Crippen LogP contribution in [0.4, 0.5) is 0 Å². The third kappa shape index (κ3) is 3.28. The summed E-state index contributed by atoms with van der Waals surface area (Å²) >= 11 is 0. The number of carbonyl (C=O) groups excluding carboxylic acids is 1. The molecular formula is C16H18N2O4. The molecule has 0 bridgehead atoms. The summed E-state index contributed by atoms with van der Waals surface area (Å²) in [7, 11) is 0. The van der Waals surface area contributed by atoms with Crippen molar-refractivity contribution in [3.63, 3.8) is 0 Å². The van der Waals surface area contributed by atoms with Gasteiger partial charge in [0.2, 0.25) is 5.88 Å². The molecule has 0 radical (unpaired) electrons. The van der Waals surface area contributed by atoms with Gasteiger partial charge in [-0.05, 0) is 37.5 Å². The molecule has 0 aromatic carbocycles. The van der Waals surface area contributed by atoms with Crippen LogP contribution >= 0.6 is 0 Å². The minimum Gasteiger partial charge on any atom is -0.474 e. The van der Waals surface area contributed by atoms with Gasteiger partial charge in [0.25, 0.3) is 5.91 Å². The fraction of sp³-hybridized carbons (Fsp3) is 0.375. The molecule has 1 amide bonds. The number of hydrogen-bond acceptors (Lipinski definition) is 5. The van der Waals surface area contributed by atoms with E-state index in [0.29, 0.717) is 17.2 Å². The van der Waals surface area contributed by atoms with E-state index in [1.165, 1.54) is 12.7 Å². The maximum atomic E-state index is 12.3. The Kier molecular flexibility index (Phi) is 4.39. The monoisotopic (exact) mass is 302 g/mol. The highest BCUT2D eigenvalue weighted by Crippen LogP contribution is 2.24. The van der Waals surface area contributed by atoms with E-state index in [2.05, 4.69) is 10.3 Å². The van der Waals surface area contributed by atoms with Crippen molar-refractivity contribution in [2.45, 2.75) is 31.4 Å². The minimum absolute atomic E-state index is 0.208. The minimum atomic E-state index is -0.577. The molecule has 0 saturated heterocycles. The maximum absolute atomic E-state index is 12.3. The van der Waals surface area contributed by atoms with Gasteiger partial charge in [-0.1, -0.05) is 0 Å². The highest BCUT2D eigenvalue weighted by molar-refractivity contribution is 5.94. The third-order valence-electron chi connectivity index (χ3n) is 3.71. The lowest BCUT2D eigenvalue weighted by molar-refractivity contribution is 0.0903. The molecular weight excluding hydrogens is 284 g/mol. The van der Waals surface area contributed by atoms with E-state index in [0.717, 1.165) is 12.8 Å². The van der Waals surface area contributed by atoms with Crippen molar-refractivity contribution in [2.75, 3.05) is 6.61 Å².